The first-order valence-corrected chi connectivity index (χ1v) is 6.00. The van der Waals surface area contributed by atoms with Crippen LogP contribution in [0.3, 0.4) is 0 Å². The second-order valence-electron chi connectivity index (χ2n) is 3.91. The molecule has 6 heteroatoms. The molecule has 2 aromatic heterocycles. The van der Waals surface area contributed by atoms with E-state index in [1.807, 2.05) is 13.8 Å². The molecule has 2 N–H and O–H groups in total. The third kappa shape index (κ3) is 2.65. The fraction of sp³-hybridized carbons (Fsp3) is 0.417. The number of aromatic nitrogens is 3. The summed E-state index contributed by atoms with van der Waals surface area (Å²) >= 11 is 0. The Morgan fingerprint density at radius 2 is 2.28 bits per heavy atom. The molecule has 1 unspecified atom stereocenters. The lowest BCUT2D eigenvalue weighted by molar-refractivity contribution is 0.402. The fourth-order valence-electron chi connectivity index (χ4n) is 1.72. The van der Waals surface area contributed by atoms with Gasteiger partial charge < -0.3 is 14.7 Å². The van der Waals surface area contributed by atoms with E-state index in [1.165, 1.54) is 6.07 Å². The largest absolute Gasteiger partial charge is 0.419 e. The van der Waals surface area contributed by atoms with E-state index in [2.05, 4.69) is 20.5 Å². The first kappa shape index (κ1) is 12.5. The zero-order valence-electron chi connectivity index (χ0n) is 10.4. The molecule has 0 aliphatic rings. The van der Waals surface area contributed by atoms with Crippen molar-refractivity contribution in [2.24, 2.45) is 0 Å². The molecule has 0 aliphatic heterocycles. The van der Waals surface area contributed by atoms with Crippen molar-refractivity contribution in [2.45, 2.75) is 26.3 Å². The van der Waals surface area contributed by atoms with Crippen LogP contribution in [-0.2, 0) is 0 Å². The van der Waals surface area contributed by atoms with Crippen molar-refractivity contribution in [1.29, 1.82) is 0 Å². The summed E-state index contributed by atoms with van der Waals surface area (Å²) in [5.74, 6) is 0.919. The average Bonchev–Trinajstić information content (AvgIpc) is 2.85. The van der Waals surface area contributed by atoms with Gasteiger partial charge in [-0.05, 0) is 19.0 Å². The highest BCUT2D eigenvalue weighted by atomic mass is 16.4. The summed E-state index contributed by atoms with van der Waals surface area (Å²) in [7, 11) is 0. The van der Waals surface area contributed by atoms with E-state index >= 15 is 0 Å². The molecule has 1 atom stereocenters. The number of rotatable bonds is 5. The Hall–Kier alpha value is -1.95. The molecule has 0 radical (unpaired) electrons. The van der Waals surface area contributed by atoms with Gasteiger partial charge in [0.2, 0.25) is 17.3 Å². The summed E-state index contributed by atoms with van der Waals surface area (Å²) < 4.78 is 5.59. The normalized spacial score (nSPS) is 12.6. The van der Waals surface area contributed by atoms with Crippen LogP contribution in [0.15, 0.2) is 27.5 Å². The Kier molecular flexibility index (Phi) is 3.88. The van der Waals surface area contributed by atoms with Crippen LogP contribution in [0, 0.1) is 0 Å². The zero-order valence-corrected chi connectivity index (χ0v) is 10.4. The predicted octanol–water partition coefficient (Wildman–Crippen LogP) is 1.49. The Morgan fingerprint density at radius 1 is 1.44 bits per heavy atom. The maximum Gasteiger partial charge on any atom is 0.248 e. The summed E-state index contributed by atoms with van der Waals surface area (Å²) in [5.41, 5.74) is 0.440. The highest BCUT2D eigenvalue weighted by molar-refractivity contribution is 5.50. The van der Waals surface area contributed by atoms with E-state index in [0.29, 0.717) is 17.3 Å². The van der Waals surface area contributed by atoms with Gasteiger partial charge in [-0.15, -0.1) is 10.2 Å². The monoisotopic (exact) mass is 248 g/mol. The Morgan fingerprint density at radius 3 is 2.94 bits per heavy atom. The Balaban J connectivity index is 2.27. The topological polar surface area (TPSA) is 83.8 Å². The van der Waals surface area contributed by atoms with Gasteiger partial charge in [0.25, 0.3) is 0 Å². The molecule has 0 bridgehead atoms. The van der Waals surface area contributed by atoms with Gasteiger partial charge in [0.15, 0.2) is 0 Å². The minimum absolute atomic E-state index is 0.0539. The molecule has 2 heterocycles. The minimum atomic E-state index is -0.189. The summed E-state index contributed by atoms with van der Waals surface area (Å²) in [6.07, 6.45) is 2.42. The van der Waals surface area contributed by atoms with Crippen molar-refractivity contribution >= 4 is 0 Å². The van der Waals surface area contributed by atoms with Crippen molar-refractivity contribution in [2.75, 3.05) is 6.54 Å². The third-order valence-electron chi connectivity index (χ3n) is 2.62. The maximum atomic E-state index is 11.2. The number of hydrogen-bond acceptors (Lipinski definition) is 5. The Bertz CT molecular complexity index is 561. The highest BCUT2D eigenvalue weighted by Crippen LogP contribution is 2.20. The number of nitrogens with zero attached hydrogens (tertiary/aromatic N) is 2. The van der Waals surface area contributed by atoms with Crippen LogP contribution < -0.4 is 10.9 Å². The van der Waals surface area contributed by atoms with Crippen LogP contribution in [0.1, 0.15) is 32.2 Å². The SMILES string of the molecule is CCNC(CC)c1nnc(-c2cc[nH]c(=O)c2)o1. The van der Waals surface area contributed by atoms with Crippen LogP contribution in [0.25, 0.3) is 11.5 Å². The first-order chi connectivity index (χ1) is 8.74. The zero-order chi connectivity index (χ0) is 13.0. The van der Waals surface area contributed by atoms with Gasteiger partial charge in [-0.25, -0.2) is 0 Å². The molecule has 2 rings (SSSR count). The summed E-state index contributed by atoms with van der Waals surface area (Å²) in [4.78, 5) is 13.7. The molecule has 0 fully saturated rings. The van der Waals surface area contributed by atoms with Crippen LogP contribution in [0.4, 0.5) is 0 Å². The van der Waals surface area contributed by atoms with Crippen molar-refractivity contribution in [3.8, 4) is 11.5 Å². The van der Waals surface area contributed by atoms with E-state index < -0.39 is 0 Å². The number of pyridine rings is 1. The number of nitrogens with one attached hydrogen (secondary N) is 2. The van der Waals surface area contributed by atoms with Gasteiger partial charge in [0, 0.05) is 17.8 Å². The van der Waals surface area contributed by atoms with E-state index in [-0.39, 0.29) is 11.6 Å². The Labute approximate surface area is 104 Å². The first-order valence-electron chi connectivity index (χ1n) is 6.00. The van der Waals surface area contributed by atoms with E-state index in [0.717, 1.165) is 13.0 Å². The fourth-order valence-corrected chi connectivity index (χ4v) is 1.72. The van der Waals surface area contributed by atoms with E-state index in [1.54, 1.807) is 12.3 Å². The quantitative estimate of drug-likeness (QED) is 0.837. The molecular formula is C12H16N4O2. The van der Waals surface area contributed by atoms with Crippen LogP contribution in [0.2, 0.25) is 0 Å². The number of hydrogen-bond donors (Lipinski definition) is 2. The number of aromatic amines is 1. The lowest BCUT2D eigenvalue weighted by atomic mass is 10.2. The number of H-pyrrole nitrogens is 1. The summed E-state index contributed by atoms with van der Waals surface area (Å²) in [6.45, 7) is 4.91. The molecule has 0 spiro atoms. The minimum Gasteiger partial charge on any atom is -0.419 e. The van der Waals surface area contributed by atoms with E-state index in [4.69, 9.17) is 4.42 Å². The molecule has 96 valence electrons. The second kappa shape index (κ2) is 5.59. The van der Waals surface area contributed by atoms with Gasteiger partial charge in [-0.3, -0.25) is 4.79 Å². The van der Waals surface area contributed by atoms with Crippen molar-refractivity contribution < 1.29 is 4.42 Å². The molecular weight excluding hydrogens is 232 g/mol. The molecule has 0 amide bonds. The molecule has 6 nitrogen and oxygen atoms in total. The van der Waals surface area contributed by atoms with Gasteiger partial charge in [0.05, 0.1) is 6.04 Å². The molecule has 18 heavy (non-hydrogen) atoms. The van der Waals surface area contributed by atoms with Gasteiger partial charge >= 0.3 is 0 Å². The standard InChI is InChI=1S/C12H16N4O2/c1-3-9(13-4-2)12-16-15-11(18-12)8-5-6-14-10(17)7-8/h5-7,9,13H,3-4H2,1-2H3,(H,14,17). The predicted molar refractivity (Wildman–Crippen MR) is 67.1 cm³/mol. The lowest BCUT2D eigenvalue weighted by Crippen LogP contribution is -2.20. The van der Waals surface area contributed by atoms with Gasteiger partial charge in [-0.1, -0.05) is 13.8 Å². The summed E-state index contributed by atoms with van der Waals surface area (Å²) in [5, 5.41) is 11.3. The van der Waals surface area contributed by atoms with Crippen molar-refractivity contribution in [1.82, 2.24) is 20.5 Å². The van der Waals surface area contributed by atoms with Crippen LogP contribution in [-0.4, -0.2) is 21.7 Å². The lowest BCUT2D eigenvalue weighted by Gasteiger charge is -2.09. The average molecular weight is 248 g/mol. The maximum absolute atomic E-state index is 11.2. The van der Waals surface area contributed by atoms with Crippen molar-refractivity contribution in [3.63, 3.8) is 0 Å². The summed E-state index contributed by atoms with van der Waals surface area (Å²) in [6, 6.07) is 3.22. The van der Waals surface area contributed by atoms with E-state index in [9.17, 15) is 4.79 Å². The van der Waals surface area contributed by atoms with Crippen LogP contribution in [0.5, 0.6) is 0 Å². The van der Waals surface area contributed by atoms with Gasteiger partial charge in [-0.2, -0.15) is 0 Å². The van der Waals surface area contributed by atoms with Gasteiger partial charge in [0.1, 0.15) is 0 Å². The highest BCUT2D eigenvalue weighted by Gasteiger charge is 2.16. The molecule has 0 aliphatic carbocycles. The smallest absolute Gasteiger partial charge is 0.248 e. The molecule has 0 aromatic carbocycles. The third-order valence-corrected chi connectivity index (χ3v) is 2.62. The second-order valence-corrected chi connectivity index (χ2v) is 3.91. The molecule has 0 saturated heterocycles. The van der Waals surface area contributed by atoms with Crippen molar-refractivity contribution in [3.05, 3.63) is 34.6 Å². The molecule has 2 aromatic rings. The molecule has 0 saturated carbocycles. The van der Waals surface area contributed by atoms with Crippen LogP contribution >= 0.6 is 0 Å².